The maximum Gasteiger partial charge on any atom is 0.331 e. The predicted molar refractivity (Wildman–Crippen MR) is 123 cm³/mol. The number of benzene rings is 3. The first-order valence-corrected chi connectivity index (χ1v) is 11.3. The van der Waals surface area contributed by atoms with Crippen LogP contribution < -0.4 is 4.74 Å². The maximum atomic E-state index is 12.8. The molecule has 0 heterocycles. The Kier molecular flexibility index (Phi) is 7.57. The molecule has 0 N–H and O–H groups in total. The van der Waals surface area contributed by atoms with E-state index in [4.69, 9.17) is 9.47 Å². The Labute approximate surface area is 187 Å². The van der Waals surface area contributed by atoms with Gasteiger partial charge in [-0.05, 0) is 55.0 Å². The lowest BCUT2D eigenvalue weighted by atomic mass is 10.1. The van der Waals surface area contributed by atoms with Crippen molar-refractivity contribution in [2.24, 2.45) is 4.40 Å². The minimum absolute atomic E-state index is 0.0640. The molecule has 3 rings (SSSR count). The van der Waals surface area contributed by atoms with Crippen LogP contribution in [0.25, 0.3) is 0 Å². The van der Waals surface area contributed by atoms with Crippen LogP contribution >= 0.6 is 0 Å². The molecule has 0 amide bonds. The smallest absolute Gasteiger partial charge is 0.331 e. The van der Waals surface area contributed by atoms with Gasteiger partial charge in [0.15, 0.2) is 0 Å². The molecular weight excluding hydrogens is 426 g/mol. The number of esters is 1. The van der Waals surface area contributed by atoms with Crippen molar-refractivity contribution in [1.29, 1.82) is 0 Å². The van der Waals surface area contributed by atoms with Gasteiger partial charge in [0.25, 0.3) is 10.0 Å². The van der Waals surface area contributed by atoms with Crippen molar-refractivity contribution in [2.45, 2.75) is 18.4 Å². The molecule has 0 atom stereocenters. The largest absolute Gasteiger partial charge is 0.497 e. The lowest BCUT2D eigenvalue weighted by Gasteiger charge is -2.06. The normalized spacial score (nSPS) is 12.0. The third-order valence-corrected chi connectivity index (χ3v) is 5.83. The fraction of sp³-hybridized carbons (Fsp3) is 0.120. The molecule has 32 heavy (non-hydrogen) atoms. The molecule has 6 nitrogen and oxygen atoms in total. The van der Waals surface area contributed by atoms with E-state index in [1.165, 1.54) is 25.3 Å². The second-order valence-corrected chi connectivity index (χ2v) is 8.52. The molecule has 0 fully saturated rings. The van der Waals surface area contributed by atoms with Crippen LogP contribution in [-0.4, -0.2) is 27.2 Å². The quantitative estimate of drug-likeness (QED) is 0.288. The molecule has 0 spiro atoms. The molecule has 0 aliphatic rings. The number of hydrogen-bond acceptors (Lipinski definition) is 5. The van der Waals surface area contributed by atoms with Gasteiger partial charge in [-0.25, -0.2) is 4.79 Å². The number of sulfonamides is 1. The zero-order chi connectivity index (χ0) is 23.0. The Morgan fingerprint density at radius 1 is 0.906 bits per heavy atom. The van der Waals surface area contributed by atoms with Gasteiger partial charge < -0.3 is 9.47 Å². The number of ether oxygens (including phenoxy) is 2. The number of nitrogens with zero attached hydrogens (tertiary/aromatic N) is 1. The molecule has 0 aliphatic carbocycles. The highest BCUT2D eigenvalue weighted by molar-refractivity contribution is 7.90. The third kappa shape index (κ3) is 6.39. The summed E-state index contributed by atoms with van der Waals surface area (Å²) < 4.78 is 40.0. The van der Waals surface area contributed by atoms with Gasteiger partial charge in [0.05, 0.1) is 17.7 Å². The second kappa shape index (κ2) is 10.5. The monoisotopic (exact) mass is 449 g/mol. The minimum atomic E-state index is -3.99. The summed E-state index contributed by atoms with van der Waals surface area (Å²) in [5, 5.41) is 0. The van der Waals surface area contributed by atoms with E-state index in [1.807, 2.05) is 37.3 Å². The van der Waals surface area contributed by atoms with E-state index in [1.54, 1.807) is 36.4 Å². The van der Waals surface area contributed by atoms with Crippen molar-refractivity contribution < 1.29 is 22.7 Å². The van der Waals surface area contributed by atoms with Gasteiger partial charge in [-0.1, -0.05) is 48.0 Å². The van der Waals surface area contributed by atoms with Gasteiger partial charge in [0.1, 0.15) is 12.4 Å². The zero-order valence-corrected chi connectivity index (χ0v) is 18.6. The summed E-state index contributed by atoms with van der Waals surface area (Å²) >= 11 is 0. The van der Waals surface area contributed by atoms with Gasteiger partial charge in [-0.3, -0.25) is 0 Å². The molecule has 0 unspecified atom stereocenters. The summed E-state index contributed by atoms with van der Waals surface area (Å²) in [4.78, 5) is 12.3. The summed E-state index contributed by atoms with van der Waals surface area (Å²) in [5.41, 5.74) is 2.39. The van der Waals surface area contributed by atoms with Crippen LogP contribution in [0.3, 0.4) is 0 Å². The molecular formula is C25H23NO5S. The Morgan fingerprint density at radius 2 is 1.56 bits per heavy atom. The van der Waals surface area contributed by atoms with Crippen LogP contribution in [0.2, 0.25) is 0 Å². The summed E-state index contributed by atoms with van der Waals surface area (Å²) in [5.74, 6) is 0.00328. The standard InChI is InChI=1S/C25H23NO5S/c1-19-8-14-23(15-9-19)32(28,29)26-24(21-10-12-22(30-2)13-11-21)16-17-25(27)31-18-20-6-4-3-5-7-20/h3-17H,18H2,1-2H3/b17-16+,26-24+. The summed E-state index contributed by atoms with van der Waals surface area (Å²) in [6.45, 7) is 1.98. The average molecular weight is 450 g/mol. The number of allylic oxidation sites excluding steroid dienone is 1. The van der Waals surface area contributed by atoms with Crippen molar-refractivity contribution in [2.75, 3.05) is 7.11 Å². The Balaban J connectivity index is 1.87. The second-order valence-electron chi connectivity index (χ2n) is 6.92. The Morgan fingerprint density at radius 3 is 2.19 bits per heavy atom. The number of methoxy groups -OCH3 is 1. The molecule has 0 aliphatic heterocycles. The van der Waals surface area contributed by atoms with E-state index in [0.717, 1.165) is 17.2 Å². The minimum Gasteiger partial charge on any atom is -0.497 e. The highest BCUT2D eigenvalue weighted by Crippen LogP contribution is 2.17. The van der Waals surface area contributed by atoms with Crippen LogP contribution in [0.5, 0.6) is 5.75 Å². The van der Waals surface area contributed by atoms with Crippen LogP contribution in [-0.2, 0) is 26.2 Å². The van der Waals surface area contributed by atoms with Crippen LogP contribution in [0.1, 0.15) is 16.7 Å². The Hall–Kier alpha value is -3.71. The highest BCUT2D eigenvalue weighted by atomic mass is 32.2. The first kappa shape index (κ1) is 23.0. The maximum absolute atomic E-state index is 12.8. The van der Waals surface area contributed by atoms with Crippen LogP contribution in [0.15, 0.2) is 100 Å². The molecule has 7 heteroatoms. The zero-order valence-electron chi connectivity index (χ0n) is 17.8. The van der Waals surface area contributed by atoms with Crippen molar-refractivity contribution in [3.8, 4) is 5.75 Å². The fourth-order valence-electron chi connectivity index (χ4n) is 2.76. The number of hydrogen-bond donors (Lipinski definition) is 0. The topological polar surface area (TPSA) is 82.0 Å². The van der Waals surface area contributed by atoms with E-state index < -0.39 is 16.0 Å². The molecule has 0 radical (unpaired) electrons. The number of aryl methyl sites for hydroxylation is 1. The van der Waals surface area contributed by atoms with Crippen molar-refractivity contribution in [1.82, 2.24) is 0 Å². The molecule has 0 saturated heterocycles. The molecule has 0 bridgehead atoms. The van der Waals surface area contributed by atoms with E-state index in [-0.39, 0.29) is 17.2 Å². The summed E-state index contributed by atoms with van der Waals surface area (Å²) in [6, 6.07) is 22.4. The van der Waals surface area contributed by atoms with Gasteiger partial charge in [0, 0.05) is 11.6 Å². The molecule has 0 aromatic heterocycles. The highest BCUT2D eigenvalue weighted by Gasteiger charge is 2.15. The summed E-state index contributed by atoms with van der Waals surface area (Å²) in [6.07, 6.45) is 2.50. The van der Waals surface area contributed by atoms with Crippen LogP contribution in [0, 0.1) is 6.92 Å². The number of carbonyl (C=O) groups excluding carboxylic acids is 1. The van der Waals surface area contributed by atoms with Gasteiger partial charge >= 0.3 is 5.97 Å². The Bertz CT molecular complexity index is 1210. The first-order chi connectivity index (χ1) is 15.4. The SMILES string of the molecule is COc1ccc(C(/C=C/C(=O)OCc2ccccc2)=N/S(=O)(=O)c2ccc(C)cc2)cc1. The van der Waals surface area contributed by atoms with E-state index in [0.29, 0.717) is 11.3 Å². The average Bonchev–Trinajstić information content (AvgIpc) is 2.81. The van der Waals surface area contributed by atoms with E-state index in [2.05, 4.69) is 4.40 Å². The molecule has 3 aromatic rings. The van der Waals surface area contributed by atoms with Crippen molar-refractivity contribution in [3.05, 3.63) is 108 Å². The van der Waals surface area contributed by atoms with Crippen LogP contribution in [0.4, 0.5) is 0 Å². The van der Waals surface area contributed by atoms with E-state index in [9.17, 15) is 13.2 Å². The third-order valence-electron chi connectivity index (χ3n) is 4.52. The van der Waals surface area contributed by atoms with Gasteiger partial charge in [-0.15, -0.1) is 0 Å². The van der Waals surface area contributed by atoms with Gasteiger partial charge in [0.2, 0.25) is 0 Å². The van der Waals surface area contributed by atoms with Crippen molar-refractivity contribution in [3.63, 3.8) is 0 Å². The lowest BCUT2D eigenvalue weighted by Crippen LogP contribution is -2.07. The number of rotatable bonds is 8. The van der Waals surface area contributed by atoms with E-state index >= 15 is 0 Å². The van der Waals surface area contributed by atoms with Crippen molar-refractivity contribution >= 4 is 21.7 Å². The summed E-state index contributed by atoms with van der Waals surface area (Å²) in [7, 11) is -2.45. The molecule has 3 aromatic carbocycles. The fourth-order valence-corrected chi connectivity index (χ4v) is 3.77. The molecule has 164 valence electrons. The molecule has 0 saturated carbocycles. The lowest BCUT2D eigenvalue weighted by molar-refractivity contribution is -0.139. The predicted octanol–water partition coefficient (Wildman–Crippen LogP) is 4.48. The number of carbonyl (C=O) groups is 1. The first-order valence-electron chi connectivity index (χ1n) is 9.82. The van der Waals surface area contributed by atoms with Gasteiger partial charge in [-0.2, -0.15) is 12.8 Å².